The lowest BCUT2D eigenvalue weighted by atomic mass is 9.80. The highest BCUT2D eigenvalue weighted by Gasteiger charge is 2.39. The van der Waals surface area contributed by atoms with E-state index in [0.717, 1.165) is 11.8 Å². The minimum Gasteiger partial charge on any atom is -0.314 e. The van der Waals surface area contributed by atoms with Gasteiger partial charge in [0.2, 0.25) is 0 Å². The monoisotopic (exact) mass is 238 g/mol. The SMILES string of the molecule is CCC1(N2CCNCC2)CC(C)CCC(C)C1. The zero-order valence-electron chi connectivity index (χ0n) is 12.0. The van der Waals surface area contributed by atoms with Gasteiger partial charge >= 0.3 is 0 Å². The molecule has 1 saturated carbocycles. The standard InChI is InChI=1S/C15H30N2/c1-4-15(17-9-7-16-8-10-17)11-13(2)5-6-14(3)12-15/h13-14,16H,4-12H2,1-3H3. The van der Waals surface area contributed by atoms with Gasteiger partial charge in [-0.1, -0.05) is 33.6 Å². The Bertz CT molecular complexity index is 221. The van der Waals surface area contributed by atoms with Crippen molar-refractivity contribution in [2.75, 3.05) is 26.2 Å². The van der Waals surface area contributed by atoms with E-state index >= 15 is 0 Å². The first kappa shape index (κ1) is 13.4. The molecule has 2 rings (SSSR count). The van der Waals surface area contributed by atoms with E-state index in [1.54, 1.807) is 0 Å². The lowest BCUT2D eigenvalue weighted by molar-refractivity contribution is 0.0382. The average molecular weight is 238 g/mol. The third-order valence-electron chi connectivity index (χ3n) is 5.06. The number of hydrogen-bond donors (Lipinski definition) is 1. The predicted octanol–water partition coefficient (Wildman–Crippen LogP) is 2.89. The van der Waals surface area contributed by atoms with Crippen molar-refractivity contribution in [2.45, 2.75) is 58.4 Å². The van der Waals surface area contributed by atoms with Gasteiger partial charge in [-0.25, -0.2) is 0 Å². The molecule has 1 heterocycles. The fourth-order valence-corrected chi connectivity index (χ4v) is 4.06. The number of hydrogen-bond acceptors (Lipinski definition) is 2. The zero-order valence-corrected chi connectivity index (χ0v) is 12.0. The van der Waals surface area contributed by atoms with Crippen molar-refractivity contribution >= 4 is 0 Å². The minimum atomic E-state index is 0.511. The first-order valence-corrected chi connectivity index (χ1v) is 7.62. The smallest absolute Gasteiger partial charge is 0.0213 e. The van der Waals surface area contributed by atoms with E-state index in [-0.39, 0.29) is 0 Å². The molecule has 0 aromatic heterocycles. The van der Waals surface area contributed by atoms with Gasteiger partial charge in [0.05, 0.1) is 0 Å². The summed E-state index contributed by atoms with van der Waals surface area (Å²) in [6.45, 7) is 12.2. The number of nitrogens with one attached hydrogen (secondary N) is 1. The molecule has 0 aromatic rings. The van der Waals surface area contributed by atoms with Crippen molar-refractivity contribution in [1.82, 2.24) is 10.2 Å². The summed E-state index contributed by atoms with van der Waals surface area (Å²) in [6.07, 6.45) is 7.06. The molecule has 0 spiro atoms. The van der Waals surface area contributed by atoms with Crippen LogP contribution in [-0.2, 0) is 0 Å². The summed E-state index contributed by atoms with van der Waals surface area (Å²) in [7, 11) is 0. The average Bonchev–Trinajstić information content (AvgIpc) is 2.51. The Morgan fingerprint density at radius 1 is 1.06 bits per heavy atom. The molecule has 1 N–H and O–H groups in total. The van der Waals surface area contributed by atoms with Gasteiger partial charge in [0.25, 0.3) is 0 Å². The van der Waals surface area contributed by atoms with Gasteiger partial charge in [0.15, 0.2) is 0 Å². The second kappa shape index (κ2) is 5.71. The van der Waals surface area contributed by atoms with Crippen molar-refractivity contribution < 1.29 is 0 Å². The summed E-state index contributed by atoms with van der Waals surface area (Å²) < 4.78 is 0. The highest BCUT2D eigenvalue weighted by molar-refractivity contribution is 4.95. The second-order valence-corrected chi connectivity index (χ2v) is 6.51. The Hall–Kier alpha value is -0.0800. The molecule has 0 amide bonds. The lowest BCUT2D eigenvalue weighted by Crippen LogP contribution is -2.56. The molecule has 1 aliphatic carbocycles. The van der Waals surface area contributed by atoms with Gasteiger partial charge in [-0.15, -0.1) is 0 Å². The molecule has 2 unspecified atom stereocenters. The van der Waals surface area contributed by atoms with Crippen LogP contribution in [0, 0.1) is 11.8 Å². The highest BCUT2D eigenvalue weighted by atomic mass is 15.2. The molecule has 0 bridgehead atoms. The van der Waals surface area contributed by atoms with Crippen molar-refractivity contribution in [3.8, 4) is 0 Å². The van der Waals surface area contributed by atoms with Crippen LogP contribution in [0.25, 0.3) is 0 Å². The Kier molecular flexibility index (Phi) is 4.48. The van der Waals surface area contributed by atoms with Crippen LogP contribution in [0.15, 0.2) is 0 Å². The van der Waals surface area contributed by atoms with Crippen LogP contribution < -0.4 is 5.32 Å². The Balaban J connectivity index is 2.13. The molecule has 0 aromatic carbocycles. The summed E-state index contributed by atoms with van der Waals surface area (Å²) in [6, 6.07) is 0. The minimum absolute atomic E-state index is 0.511. The molecule has 2 heteroatoms. The van der Waals surface area contributed by atoms with Gasteiger partial charge in [-0.2, -0.15) is 0 Å². The summed E-state index contributed by atoms with van der Waals surface area (Å²) in [5.41, 5.74) is 0.511. The van der Waals surface area contributed by atoms with Gasteiger partial charge in [0.1, 0.15) is 0 Å². The van der Waals surface area contributed by atoms with Gasteiger partial charge in [-0.05, 0) is 31.1 Å². The van der Waals surface area contributed by atoms with E-state index in [1.165, 1.54) is 58.3 Å². The fraction of sp³-hybridized carbons (Fsp3) is 1.00. The van der Waals surface area contributed by atoms with Crippen LogP contribution in [0.5, 0.6) is 0 Å². The first-order valence-electron chi connectivity index (χ1n) is 7.62. The Morgan fingerprint density at radius 2 is 1.59 bits per heavy atom. The Morgan fingerprint density at radius 3 is 2.06 bits per heavy atom. The largest absolute Gasteiger partial charge is 0.314 e. The van der Waals surface area contributed by atoms with E-state index in [2.05, 4.69) is 31.0 Å². The quantitative estimate of drug-likeness (QED) is 0.744. The molecule has 100 valence electrons. The molecule has 2 nitrogen and oxygen atoms in total. The summed E-state index contributed by atoms with van der Waals surface area (Å²) in [4.78, 5) is 2.81. The van der Waals surface area contributed by atoms with Crippen molar-refractivity contribution in [1.29, 1.82) is 0 Å². The maximum absolute atomic E-state index is 3.49. The zero-order chi connectivity index (χ0) is 12.3. The van der Waals surface area contributed by atoms with Crippen LogP contribution in [0.3, 0.4) is 0 Å². The second-order valence-electron chi connectivity index (χ2n) is 6.51. The molecule has 0 radical (unpaired) electrons. The maximum atomic E-state index is 3.49. The summed E-state index contributed by atoms with van der Waals surface area (Å²) in [5, 5.41) is 3.49. The van der Waals surface area contributed by atoms with E-state index in [9.17, 15) is 0 Å². The van der Waals surface area contributed by atoms with Crippen molar-refractivity contribution in [2.24, 2.45) is 11.8 Å². The van der Waals surface area contributed by atoms with Crippen molar-refractivity contribution in [3.63, 3.8) is 0 Å². The van der Waals surface area contributed by atoms with Gasteiger partial charge in [0, 0.05) is 31.7 Å². The van der Waals surface area contributed by atoms with E-state index in [0.29, 0.717) is 5.54 Å². The molecule has 17 heavy (non-hydrogen) atoms. The molecule has 1 saturated heterocycles. The van der Waals surface area contributed by atoms with Gasteiger partial charge in [-0.3, -0.25) is 4.90 Å². The molecular weight excluding hydrogens is 208 g/mol. The topological polar surface area (TPSA) is 15.3 Å². The number of nitrogens with zero attached hydrogens (tertiary/aromatic N) is 1. The Labute approximate surface area is 107 Å². The van der Waals surface area contributed by atoms with Crippen LogP contribution >= 0.6 is 0 Å². The van der Waals surface area contributed by atoms with E-state index < -0.39 is 0 Å². The third kappa shape index (κ3) is 3.03. The number of piperazine rings is 1. The highest BCUT2D eigenvalue weighted by Crippen LogP contribution is 2.40. The molecule has 2 atom stereocenters. The normalized spacial score (nSPS) is 41.1. The van der Waals surface area contributed by atoms with Crippen LogP contribution in [-0.4, -0.2) is 36.6 Å². The van der Waals surface area contributed by atoms with Crippen molar-refractivity contribution in [3.05, 3.63) is 0 Å². The molecule has 2 aliphatic rings. The summed E-state index contributed by atoms with van der Waals surface area (Å²) in [5.74, 6) is 1.82. The summed E-state index contributed by atoms with van der Waals surface area (Å²) >= 11 is 0. The molecule has 2 fully saturated rings. The maximum Gasteiger partial charge on any atom is 0.0213 e. The van der Waals surface area contributed by atoms with Crippen LogP contribution in [0.1, 0.15) is 52.9 Å². The van der Waals surface area contributed by atoms with Crippen LogP contribution in [0.2, 0.25) is 0 Å². The van der Waals surface area contributed by atoms with E-state index in [1.807, 2.05) is 0 Å². The predicted molar refractivity (Wildman–Crippen MR) is 74.3 cm³/mol. The number of rotatable bonds is 2. The third-order valence-corrected chi connectivity index (χ3v) is 5.06. The van der Waals surface area contributed by atoms with Gasteiger partial charge < -0.3 is 5.32 Å². The van der Waals surface area contributed by atoms with Crippen LogP contribution in [0.4, 0.5) is 0 Å². The lowest BCUT2D eigenvalue weighted by Gasteiger charge is -2.47. The molecular formula is C15H30N2. The van der Waals surface area contributed by atoms with E-state index in [4.69, 9.17) is 0 Å². The first-order chi connectivity index (χ1) is 8.16. The molecule has 1 aliphatic heterocycles. The fourth-order valence-electron chi connectivity index (χ4n) is 4.06.